The van der Waals surface area contributed by atoms with Crippen molar-refractivity contribution in [3.8, 4) is 0 Å². The summed E-state index contributed by atoms with van der Waals surface area (Å²) in [6, 6.07) is 5.10. The lowest BCUT2D eigenvalue weighted by Crippen LogP contribution is -2.46. The number of nitrogens with zero attached hydrogens (tertiary/aromatic N) is 4. The Hall–Kier alpha value is -1.13. The highest BCUT2D eigenvalue weighted by Gasteiger charge is 2.34. The first-order valence-corrected chi connectivity index (χ1v) is 10.1. The zero-order chi connectivity index (χ0) is 17.2. The van der Waals surface area contributed by atoms with Crippen molar-refractivity contribution >= 4 is 32.8 Å². The summed E-state index contributed by atoms with van der Waals surface area (Å²) in [5, 5.41) is 0. The van der Waals surface area contributed by atoms with Gasteiger partial charge in [0.25, 0.3) is 0 Å². The van der Waals surface area contributed by atoms with Crippen LogP contribution in [-0.4, -0.2) is 72.8 Å². The first-order chi connectivity index (χ1) is 11.5. The molecule has 0 amide bonds. The van der Waals surface area contributed by atoms with Crippen molar-refractivity contribution in [2.75, 3.05) is 40.4 Å². The molecule has 0 unspecified atom stereocenters. The Morgan fingerprint density at radius 3 is 2.67 bits per heavy atom. The minimum absolute atomic E-state index is 0.0365. The maximum Gasteiger partial charge on any atom is 0.245 e. The Labute approximate surface area is 146 Å². The molecule has 1 aromatic carbocycles. The highest BCUT2D eigenvalue weighted by molar-refractivity contribution is 7.89. The molecule has 132 valence electrons. The third-order valence-electron chi connectivity index (χ3n) is 4.20. The molecule has 9 heteroatoms. The molecule has 0 aliphatic carbocycles. The van der Waals surface area contributed by atoms with Crippen molar-refractivity contribution in [1.29, 1.82) is 0 Å². The molecule has 0 atom stereocenters. The molecule has 0 radical (unpaired) electrons. The van der Waals surface area contributed by atoms with Crippen LogP contribution in [0.1, 0.15) is 12.8 Å². The van der Waals surface area contributed by atoms with E-state index in [0.29, 0.717) is 37.3 Å². The van der Waals surface area contributed by atoms with Crippen LogP contribution in [0.5, 0.6) is 0 Å². The molecule has 0 N–H and O–H groups in total. The number of benzene rings is 1. The second-order valence-electron chi connectivity index (χ2n) is 6.15. The Balaban J connectivity index is 1.99. The number of likely N-dealkylation sites (N-methyl/N-ethyl adjacent to an activating group) is 1. The maximum atomic E-state index is 13.4. The summed E-state index contributed by atoms with van der Waals surface area (Å²) in [7, 11) is 0.251. The highest BCUT2D eigenvalue weighted by atomic mass is 32.2. The molecule has 0 saturated carbocycles. The van der Waals surface area contributed by atoms with Crippen molar-refractivity contribution in [2.24, 2.45) is 0 Å². The summed E-state index contributed by atoms with van der Waals surface area (Å²) in [5.74, 6) is 0. The summed E-state index contributed by atoms with van der Waals surface area (Å²) in [6.07, 6.45) is 1.44. The third kappa shape index (κ3) is 3.60. The van der Waals surface area contributed by atoms with Gasteiger partial charge in [0.05, 0.1) is 11.7 Å². The van der Waals surface area contributed by atoms with Crippen LogP contribution in [0.15, 0.2) is 23.1 Å². The van der Waals surface area contributed by atoms with Crippen molar-refractivity contribution in [1.82, 2.24) is 18.0 Å². The van der Waals surface area contributed by atoms with Crippen molar-refractivity contribution in [3.05, 3.63) is 18.2 Å². The van der Waals surface area contributed by atoms with Gasteiger partial charge < -0.3 is 9.64 Å². The van der Waals surface area contributed by atoms with E-state index in [-0.39, 0.29) is 10.9 Å². The van der Waals surface area contributed by atoms with Gasteiger partial charge in [-0.2, -0.15) is 13.1 Å². The second kappa shape index (κ2) is 7.40. The average molecular weight is 371 g/mol. The molecule has 0 spiro atoms. The average Bonchev–Trinajstić information content (AvgIpc) is 3.04. The summed E-state index contributed by atoms with van der Waals surface area (Å²) in [4.78, 5) is 2.24. The van der Waals surface area contributed by atoms with Gasteiger partial charge in [0.1, 0.15) is 15.9 Å². The first-order valence-electron chi connectivity index (χ1n) is 7.96. The van der Waals surface area contributed by atoms with Gasteiger partial charge in [-0.05, 0) is 39.1 Å². The molecule has 0 bridgehead atoms. The maximum absolute atomic E-state index is 13.4. The molecule has 1 aliphatic rings. The van der Waals surface area contributed by atoms with Gasteiger partial charge in [0, 0.05) is 32.3 Å². The van der Waals surface area contributed by atoms with Crippen LogP contribution in [0.25, 0.3) is 11.0 Å². The Morgan fingerprint density at radius 1 is 1.21 bits per heavy atom. The zero-order valence-electron chi connectivity index (χ0n) is 13.9. The van der Waals surface area contributed by atoms with Crippen LogP contribution in [0.3, 0.4) is 0 Å². The van der Waals surface area contributed by atoms with Crippen LogP contribution >= 0.6 is 11.7 Å². The van der Waals surface area contributed by atoms with E-state index in [0.717, 1.165) is 24.6 Å². The van der Waals surface area contributed by atoms with Crippen molar-refractivity contribution < 1.29 is 13.2 Å². The van der Waals surface area contributed by atoms with E-state index < -0.39 is 10.0 Å². The van der Waals surface area contributed by atoms with Gasteiger partial charge in [-0.25, -0.2) is 8.42 Å². The Morgan fingerprint density at radius 2 is 1.96 bits per heavy atom. The van der Waals surface area contributed by atoms with Crippen LogP contribution in [0.4, 0.5) is 0 Å². The fourth-order valence-corrected chi connectivity index (χ4v) is 5.32. The van der Waals surface area contributed by atoms with Gasteiger partial charge in [-0.15, -0.1) is 0 Å². The molecule has 1 aliphatic heterocycles. The smallest absolute Gasteiger partial charge is 0.245 e. The summed E-state index contributed by atoms with van der Waals surface area (Å²) < 4.78 is 42.1. The van der Waals surface area contributed by atoms with Crippen LogP contribution in [0, 0.1) is 0 Å². The number of fused-ring (bicyclic) bond motifs is 1. The van der Waals surface area contributed by atoms with Crippen molar-refractivity contribution in [3.63, 3.8) is 0 Å². The van der Waals surface area contributed by atoms with Gasteiger partial charge in [0.15, 0.2) is 0 Å². The van der Waals surface area contributed by atoms with Crippen LogP contribution in [-0.2, 0) is 14.8 Å². The van der Waals surface area contributed by atoms with Gasteiger partial charge >= 0.3 is 0 Å². The van der Waals surface area contributed by atoms with Crippen LogP contribution in [0.2, 0.25) is 0 Å². The molecule has 1 aromatic heterocycles. The number of sulfonamides is 1. The zero-order valence-corrected chi connectivity index (χ0v) is 15.5. The van der Waals surface area contributed by atoms with Gasteiger partial charge in [-0.3, -0.25) is 0 Å². The van der Waals surface area contributed by atoms with Crippen molar-refractivity contribution in [2.45, 2.75) is 23.8 Å². The Bertz CT molecular complexity index is 785. The van der Waals surface area contributed by atoms with E-state index in [1.54, 1.807) is 22.5 Å². The molecular weight excluding hydrogens is 348 g/mol. The fraction of sp³-hybridized carbons (Fsp3) is 0.600. The molecule has 2 heterocycles. The minimum atomic E-state index is -3.64. The van der Waals surface area contributed by atoms with Gasteiger partial charge in [0.2, 0.25) is 10.0 Å². The van der Waals surface area contributed by atoms with E-state index in [2.05, 4.69) is 8.75 Å². The standard InChI is InChI=1S/C15H22N4O3S2/c1-18(2)8-9-19(12-6-10-22-11-7-12)24(20,21)14-5-3-4-13-15(14)17-23-16-13/h3-5,12H,6-11H2,1-2H3. The minimum Gasteiger partial charge on any atom is -0.381 e. The summed E-state index contributed by atoms with van der Waals surface area (Å²) in [5.41, 5.74) is 1.09. The lowest BCUT2D eigenvalue weighted by molar-refractivity contribution is 0.0573. The second-order valence-corrected chi connectivity index (χ2v) is 8.54. The predicted molar refractivity (Wildman–Crippen MR) is 93.7 cm³/mol. The molecule has 3 rings (SSSR count). The highest BCUT2D eigenvalue weighted by Crippen LogP contribution is 2.28. The topological polar surface area (TPSA) is 75.6 Å². The molecular formula is C15H22N4O3S2. The third-order valence-corrected chi connectivity index (χ3v) is 6.73. The summed E-state index contributed by atoms with van der Waals surface area (Å²) >= 11 is 1.04. The van der Waals surface area contributed by atoms with E-state index >= 15 is 0 Å². The van der Waals surface area contributed by atoms with E-state index in [1.165, 1.54) is 0 Å². The largest absolute Gasteiger partial charge is 0.381 e. The lowest BCUT2D eigenvalue weighted by Gasteiger charge is -2.34. The molecule has 24 heavy (non-hydrogen) atoms. The van der Waals surface area contributed by atoms with E-state index in [1.807, 2.05) is 19.0 Å². The molecule has 1 fully saturated rings. The van der Waals surface area contributed by atoms with E-state index in [9.17, 15) is 8.42 Å². The predicted octanol–water partition coefficient (Wildman–Crippen LogP) is 1.42. The SMILES string of the molecule is CN(C)CCN(C1CCOCC1)S(=O)(=O)c1cccc2nsnc12. The van der Waals surface area contributed by atoms with E-state index in [4.69, 9.17) is 4.74 Å². The molecule has 1 saturated heterocycles. The molecule has 7 nitrogen and oxygen atoms in total. The molecule has 2 aromatic rings. The fourth-order valence-electron chi connectivity index (χ4n) is 2.89. The summed E-state index contributed by atoms with van der Waals surface area (Å²) in [6.45, 7) is 2.32. The monoisotopic (exact) mass is 370 g/mol. The number of hydrogen-bond acceptors (Lipinski definition) is 7. The number of aromatic nitrogens is 2. The number of hydrogen-bond donors (Lipinski definition) is 0. The lowest BCUT2D eigenvalue weighted by atomic mass is 10.1. The first kappa shape index (κ1) is 17.7. The quantitative estimate of drug-likeness (QED) is 0.766. The van der Waals surface area contributed by atoms with Gasteiger partial charge in [-0.1, -0.05) is 6.07 Å². The van der Waals surface area contributed by atoms with Crippen LogP contribution < -0.4 is 0 Å². The number of ether oxygens (including phenoxy) is 1. The number of rotatable bonds is 6. The normalized spacial score (nSPS) is 17.2. The Kier molecular flexibility index (Phi) is 5.46.